The molecular weight excluding hydrogens is 154 g/mol. The van der Waals surface area contributed by atoms with Gasteiger partial charge in [0.1, 0.15) is 0 Å². The van der Waals surface area contributed by atoms with E-state index < -0.39 is 0 Å². The molecule has 1 aliphatic rings. The Hall–Kier alpha value is -1.06. The van der Waals surface area contributed by atoms with Gasteiger partial charge in [0.25, 0.3) is 0 Å². The summed E-state index contributed by atoms with van der Waals surface area (Å²) in [6.45, 7) is 0. The van der Waals surface area contributed by atoms with Gasteiger partial charge in [0.15, 0.2) is 0 Å². The van der Waals surface area contributed by atoms with Crippen molar-refractivity contribution >= 4 is 6.01 Å². The quantitative estimate of drug-likeness (QED) is 0.722. The first-order chi connectivity index (χ1) is 5.84. The van der Waals surface area contributed by atoms with E-state index in [1.807, 2.05) is 0 Å². The predicted molar refractivity (Wildman–Crippen MR) is 44.4 cm³/mol. The van der Waals surface area contributed by atoms with Crippen LogP contribution in [0.15, 0.2) is 4.42 Å². The van der Waals surface area contributed by atoms with Gasteiger partial charge >= 0.3 is 6.01 Å². The number of nitrogens with two attached hydrogens (primary N) is 1. The van der Waals surface area contributed by atoms with Crippen LogP contribution in [0.1, 0.15) is 31.6 Å². The molecule has 4 heteroatoms. The minimum absolute atomic E-state index is 0.183. The van der Waals surface area contributed by atoms with Crippen molar-refractivity contribution in [2.45, 2.75) is 32.1 Å². The molecule has 1 aromatic heterocycles. The lowest BCUT2D eigenvalue weighted by molar-refractivity contribution is 0.440. The summed E-state index contributed by atoms with van der Waals surface area (Å²) in [7, 11) is 0. The van der Waals surface area contributed by atoms with E-state index in [1.54, 1.807) is 0 Å². The fourth-order valence-corrected chi connectivity index (χ4v) is 1.81. The van der Waals surface area contributed by atoms with Crippen LogP contribution in [0.2, 0.25) is 0 Å². The molecule has 66 valence electrons. The number of rotatable bonds is 2. The normalized spacial score (nSPS) is 18.7. The minimum atomic E-state index is 0.183. The van der Waals surface area contributed by atoms with E-state index in [2.05, 4.69) is 10.2 Å². The molecule has 0 spiro atoms. The molecule has 0 radical (unpaired) electrons. The maximum absolute atomic E-state index is 5.31. The fourth-order valence-electron chi connectivity index (χ4n) is 1.81. The molecule has 0 atom stereocenters. The van der Waals surface area contributed by atoms with Crippen LogP contribution in [0.4, 0.5) is 6.01 Å². The van der Waals surface area contributed by atoms with Gasteiger partial charge in [0.2, 0.25) is 5.89 Å². The summed E-state index contributed by atoms with van der Waals surface area (Å²) < 4.78 is 5.10. The van der Waals surface area contributed by atoms with Crippen molar-refractivity contribution < 1.29 is 4.42 Å². The highest BCUT2D eigenvalue weighted by Crippen LogP contribution is 2.27. The van der Waals surface area contributed by atoms with Gasteiger partial charge in [-0.2, -0.15) is 0 Å². The maximum Gasteiger partial charge on any atom is 0.312 e. The summed E-state index contributed by atoms with van der Waals surface area (Å²) in [5, 5.41) is 7.46. The summed E-state index contributed by atoms with van der Waals surface area (Å²) in [5.41, 5.74) is 5.31. The molecule has 0 saturated heterocycles. The van der Waals surface area contributed by atoms with Crippen LogP contribution in [-0.4, -0.2) is 10.2 Å². The van der Waals surface area contributed by atoms with Crippen molar-refractivity contribution in [1.29, 1.82) is 0 Å². The van der Waals surface area contributed by atoms with Crippen molar-refractivity contribution in [3.63, 3.8) is 0 Å². The third kappa shape index (κ3) is 1.57. The predicted octanol–water partition coefficient (Wildman–Crippen LogP) is 1.38. The molecule has 1 saturated carbocycles. The van der Waals surface area contributed by atoms with Gasteiger partial charge in [-0.05, 0) is 18.8 Å². The van der Waals surface area contributed by atoms with Gasteiger partial charge in [0, 0.05) is 6.42 Å². The van der Waals surface area contributed by atoms with Crippen LogP contribution in [-0.2, 0) is 6.42 Å². The average molecular weight is 167 g/mol. The Morgan fingerprint density at radius 1 is 1.33 bits per heavy atom. The molecule has 0 amide bonds. The highest BCUT2D eigenvalue weighted by molar-refractivity contribution is 5.05. The van der Waals surface area contributed by atoms with Crippen LogP contribution < -0.4 is 5.73 Å². The lowest BCUT2D eigenvalue weighted by atomic mass is 10.0. The molecule has 1 aliphatic carbocycles. The van der Waals surface area contributed by atoms with Crippen LogP contribution in [0, 0.1) is 5.92 Å². The summed E-state index contributed by atoms with van der Waals surface area (Å²) >= 11 is 0. The molecule has 2 rings (SSSR count). The maximum atomic E-state index is 5.31. The van der Waals surface area contributed by atoms with Crippen LogP contribution in [0.3, 0.4) is 0 Å². The van der Waals surface area contributed by atoms with Gasteiger partial charge in [-0.25, -0.2) is 0 Å². The first-order valence-corrected chi connectivity index (χ1v) is 4.42. The first kappa shape index (κ1) is 7.58. The molecular formula is C8H13N3O. The third-order valence-corrected chi connectivity index (χ3v) is 2.42. The number of anilines is 1. The number of nitrogen functional groups attached to an aromatic ring is 1. The van der Waals surface area contributed by atoms with E-state index >= 15 is 0 Å². The van der Waals surface area contributed by atoms with Gasteiger partial charge < -0.3 is 10.2 Å². The summed E-state index contributed by atoms with van der Waals surface area (Å²) in [6.07, 6.45) is 6.18. The van der Waals surface area contributed by atoms with E-state index in [-0.39, 0.29) is 6.01 Å². The number of nitrogens with zero attached hydrogens (tertiary/aromatic N) is 2. The zero-order chi connectivity index (χ0) is 8.39. The monoisotopic (exact) mass is 167 g/mol. The second-order valence-corrected chi connectivity index (χ2v) is 3.39. The van der Waals surface area contributed by atoms with Crippen molar-refractivity contribution in [3.8, 4) is 0 Å². The van der Waals surface area contributed by atoms with E-state index in [1.165, 1.54) is 25.7 Å². The van der Waals surface area contributed by atoms with Crippen molar-refractivity contribution in [2.75, 3.05) is 5.73 Å². The van der Waals surface area contributed by atoms with E-state index in [0.29, 0.717) is 5.89 Å². The zero-order valence-electron chi connectivity index (χ0n) is 6.99. The molecule has 0 unspecified atom stereocenters. The Morgan fingerprint density at radius 2 is 2.08 bits per heavy atom. The summed E-state index contributed by atoms with van der Waals surface area (Å²) in [5.74, 6) is 1.43. The van der Waals surface area contributed by atoms with E-state index in [9.17, 15) is 0 Å². The van der Waals surface area contributed by atoms with Crippen LogP contribution in [0.25, 0.3) is 0 Å². The number of aromatic nitrogens is 2. The lowest BCUT2D eigenvalue weighted by Gasteiger charge is -2.02. The van der Waals surface area contributed by atoms with E-state index in [4.69, 9.17) is 10.2 Å². The summed E-state index contributed by atoms with van der Waals surface area (Å²) in [4.78, 5) is 0. The molecule has 4 nitrogen and oxygen atoms in total. The Balaban J connectivity index is 1.94. The second kappa shape index (κ2) is 3.13. The second-order valence-electron chi connectivity index (χ2n) is 3.39. The number of hydrogen-bond acceptors (Lipinski definition) is 4. The minimum Gasteiger partial charge on any atom is -0.408 e. The molecule has 1 heterocycles. The molecule has 2 N–H and O–H groups in total. The highest BCUT2D eigenvalue weighted by Gasteiger charge is 2.17. The van der Waals surface area contributed by atoms with Crippen molar-refractivity contribution in [1.82, 2.24) is 10.2 Å². The van der Waals surface area contributed by atoms with Gasteiger partial charge in [-0.1, -0.05) is 17.9 Å². The van der Waals surface area contributed by atoms with Gasteiger partial charge in [-0.15, -0.1) is 5.10 Å². The highest BCUT2D eigenvalue weighted by atomic mass is 16.4. The van der Waals surface area contributed by atoms with Gasteiger partial charge in [0.05, 0.1) is 0 Å². The van der Waals surface area contributed by atoms with Crippen molar-refractivity contribution in [3.05, 3.63) is 5.89 Å². The third-order valence-electron chi connectivity index (χ3n) is 2.42. The molecule has 12 heavy (non-hydrogen) atoms. The Labute approximate surface area is 71.2 Å². The molecule has 0 aromatic carbocycles. The van der Waals surface area contributed by atoms with Gasteiger partial charge in [-0.3, -0.25) is 0 Å². The first-order valence-electron chi connectivity index (χ1n) is 4.42. The molecule has 0 aliphatic heterocycles. The molecule has 1 fully saturated rings. The lowest BCUT2D eigenvalue weighted by Crippen LogP contribution is -1.98. The smallest absolute Gasteiger partial charge is 0.312 e. The van der Waals surface area contributed by atoms with Crippen molar-refractivity contribution in [2.24, 2.45) is 5.92 Å². The fraction of sp³-hybridized carbons (Fsp3) is 0.750. The largest absolute Gasteiger partial charge is 0.408 e. The SMILES string of the molecule is Nc1nnc(CC2CCCC2)o1. The van der Waals surface area contributed by atoms with Crippen LogP contribution >= 0.6 is 0 Å². The number of hydrogen-bond donors (Lipinski definition) is 1. The topological polar surface area (TPSA) is 64.9 Å². The average Bonchev–Trinajstić information content (AvgIpc) is 2.63. The Morgan fingerprint density at radius 3 is 2.67 bits per heavy atom. The molecule has 1 aromatic rings. The standard InChI is InChI=1S/C8H13N3O/c9-8-11-10-7(12-8)5-6-3-1-2-4-6/h6H,1-5H2,(H2,9,11). The summed E-state index contributed by atoms with van der Waals surface area (Å²) in [6, 6.07) is 0.183. The van der Waals surface area contributed by atoms with Crippen LogP contribution in [0.5, 0.6) is 0 Å². The molecule has 0 bridgehead atoms. The van der Waals surface area contributed by atoms with E-state index in [0.717, 1.165) is 12.3 Å². The Kier molecular flexibility index (Phi) is 1.98. The Bertz CT molecular complexity index is 253. The zero-order valence-corrected chi connectivity index (χ0v) is 6.99.